The summed E-state index contributed by atoms with van der Waals surface area (Å²) in [5.41, 5.74) is 1.59. The van der Waals surface area contributed by atoms with E-state index in [0.29, 0.717) is 18.7 Å². The molecule has 0 radical (unpaired) electrons. The monoisotopic (exact) mass is 367 g/mol. The minimum atomic E-state index is -0.560. The Bertz CT molecular complexity index is 786. The molecule has 27 heavy (non-hydrogen) atoms. The van der Waals surface area contributed by atoms with Gasteiger partial charge in [-0.25, -0.2) is 0 Å². The Kier molecular flexibility index (Phi) is 5.96. The number of benzene rings is 2. The van der Waals surface area contributed by atoms with Gasteiger partial charge in [0, 0.05) is 31.7 Å². The van der Waals surface area contributed by atoms with Gasteiger partial charge in [-0.05, 0) is 31.2 Å². The molecular weight excluding hydrogens is 342 g/mol. The van der Waals surface area contributed by atoms with Gasteiger partial charge in [0.2, 0.25) is 5.91 Å². The van der Waals surface area contributed by atoms with Crippen molar-refractivity contribution in [2.75, 3.05) is 38.2 Å². The maximum absolute atomic E-state index is 12.7. The summed E-state index contributed by atoms with van der Waals surface area (Å²) in [6, 6.07) is 16.3. The molecule has 1 N–H and O–H groups in total. The second-order valence-electron chi connectivity index (χ2n) is 6.55. The zero-order valence-corrected chi connectivity index (χ0v) is 15.7. The molecule has 1 heterocycles. The number of hydrogen-bond acceptors (Lipinski definition) is 4. The second-order valence-corrected chi connectivity index (χ2v) is 6.55. The first-order valence-corrected chi connectivity index (χ1v) is 9.13. The van der Waals surface area contributed by atoms with Crippen LogP contribution in [0.4, 0.5) is 5.69 Å². The predicted octanol–water partition coefficient (Wildman–Crippen LogP) is 2.16. The molecule has 1 aliphatic heterocycles. The quantitative estimate of drug-likeness (QED) is 0.880. The molecule has 1 aliphatic rings. The Morgan fingerprint density at radius 3 is 2.26 bits per heavy atom. The summed E-state index contributed by atoms with van der Waals surface area (Å²) in [7, 11) is 1.66. The van der Waals surface area contributed by atoms with Gasteiger partial charge in [-0.1, -0.05) is 30.3 Å². The van der Waals surface area contributed by atoms with Crippen LogP contribution >= 0.6 is 0 Å². The zero-order valence-electron chi connectivity index (χ0n) is 15.7. The molecule has 0 aliphatic carbocycles. The fourth-order valence-corrected chi connectivity index (χ4v) is 3.26. The van der Waals surface area contributed by atoms with Crippen LogP contribution in [0.5, 0.6) is 5.75 Å². The lowest BCUT2D eigenvalue weighted by Crippen LogP contribution is -2.54. The summed E-state index contributed by atoms with van der Waals surface area (Å²) < 4.78 is 5.43. The van der Waals surface area contributed by atoms with Gasteiger partial charge in [0.1, 0.15) is 11.8 Å². The van der Waals surface area contributed by atoms with Crippen molar-refractivity contribution in [2.24, 2.45) is 0 Å². The highest BCUT2D eigenvalue weighted by molar-refractivity contribution is 5.97. The predicted molar refractivity (Wildman–Crippen MR) is 105 cm³/mol. The van der Waals surface area contributed by atoms with Crippen molar-refractivity contribution in [3.05, 3.63) is 60.2 Å². The standard InChI is InChI=1S/C21H25N3O3/c1-16(22-20(25)17-8-4-3-5-9-17)21(26)24-14-12-23(13-15-24)18-10-6-7-11-19(18)27-2/h3-11,16H,12-15H2,1-2H3,(H,22,25). The molecule has 1 fully saturated rings. The average molecular weight is 367 g/mol. The van der Waals surface area contributed by atoms with E-state index in [2.05, 4.69) is 10.2 Å². The smallest absolute Gasteiger partial charge is 0.251 e. The lowest BCUT2D eigenvalue weighted by Gasteiger charge is -2.37. The van der Waals surface area contributed by atoms with Gasteiger partial charge in [-0.2, -0.15) is 0 Å². The van der Waals surface area contributed by atoms with E-state index in [4.69, 9.17) is 4.74 Å². The Hall–Kier alpha value is -3.02. The summed E-state index contributed by atoms with van der Waals surface area (Å²) in [4.78, 5) is 29.0. The number of piperazine rings is 1. The van der Waals surface area contributed by atoms with Crippen molar-refractivity contribution in [3.8, 4) is 5.75 Å². The Morgan fingerprint density at radius 2 is 1.59 bits per heavy atom. The van der Waals surface area contributed by atoms with E-state index in [-0.39, 0.29) is 11.8 Å². The molecule has 1 atom stereocenters. The first kappa shape index (κ1) is 18.8. The molecule has 6 nitrogen and oxygen atoms in total. The second kappa shape index (κ2) is 8.58. The highest BCUT2D eigenvalue weighted by Crippen LogP contribution is 2.28. The maximum Gasteiger partial charge on any atom is 0.251 e. The minimum Gasteiger partial charge on any atom is -0.495 e. The number of methoxy groups -OCH3 is 1. The molecular formula is C21H25N3O3. The van der Waals surface area contributed by atoms with Crippen molar-refractivity contribution in [1.29, 1.82) is 0 Å². The van der Waals surface area contributed by atoms with Crippen molar-refractivity contribution in [1.82, 2.24) is 10.2 Å². The van der Waals surface area contributed by atoms with Gasteiger partial charge in [0.15, 0.2) is 0 Å². The normalized spacial score (nSPS) is 15.2. The van der Waals surface area contributed by atoms with Crippen molar-refractivity contribution in [3.63, 3.8) is 0 Å². The summed E-state index contributed by atoms with van der Waals surface area (Å²) in [5, 5.41) is 2.79. The lowest BCUT2D eigenvalue weighted by atomic mass is 10.1. The van der Waals surface area contributed by atoms with Gasteiger partial charge in [0.05, 0.1) is 12.8 Å². The molecule has 0 aromatic heterocycles. The third-order valence-electron chi connectivity index (χ3n) is 4.77. The number of para-hydroxylation sites is 2. The summed E-state index contributed by atoms with van der Waals surface area (Å²) in [6.07, 6.45) is 0. The van der Waals surface area contributed by atoms with Crippen molar-refractivity contribution in [2.45, 2.75) is 13.0 Å². The molecule has 6 heteroatoms. The molecule has 2 aromatic carbocycles. The molecule has 2 amide bonds. The molecule has 2 aromatic rings. The fraction of sp³-hybridized carbons (Fsp3) is 0.333. The van der Waals surface area contributed by atoms with Crippen molar-refractivity contribution >= 4 is 17.5 Å². The van der Waals surface area contributed by atoms with Gasteiger partial charge >= 0.3 is 0 Å². The molecule has 1 saturated heterocycles. The van der Waals surface area contributed by atoms with Crippen LogP contribution < -0.4 is 15.0 Å². The number of rotatable bonds is 5. The van der Waals surface area contributed by atoms with Crippen molar-refractivity contribution < 1.29 is 14.3 Å². The number of carbonyl (C=O) groups excluding carboxylic acids is 2. The zero-order chi connectivity index (χ0) is 19.2. The number of nitrogens with one attached hydrogen (secondary N) is 1. The number of nitrogens with zero attached hydrogens (tertiary/aromatic N) is 2. The SMILES string of the molecule is COc1ccccc1N1CCN(C(=O)C(C)NC(=O)c2ccccc2)CC1. The van der Waals surface area contributed by atoms with Crippen LogP contribution in [0.25, 0.3) is 0 Å². The Labute approximate surface area is 159 Å². The highest BCUT2D eigenvalue weighted by Gasteiger charge is 2.27. The fourth-order valence-electron chi connectivity index (χ4n) is 3.26. The topological polar surface area (TPSA) is 61.9 Å². The number of amides is 2. The van der Waals surface area contributed by atoms with E-state index in [1.54, 1.807) is 38.3 Å². The van der Waals surface area contributed by atoms with Gasteiger partial charge in [-0.3, -0.25) is 9.59 Å². The van der Waals surface area contributed by atoms with Crippen LogP contribution in [0.3, 0.4) is 0 Å². The molecule has 0 bridgehead atoms. The Balaban J connectivity index is 1.55. The molecule has 0 spiro atoms. The summed E-state index contributed by atoms with van der Waals surface area (Å²) in [6.45, 7) is 4.41. The van der Waals surface area contributed by atoms with Gasteiger partial charge in [-0.15, -0.1) is 0 Å². The van der Waals surface area contributed by atoms with Crippen LogP contribution in [-0.4, -0.2) is 56.0 Å². The maximum atomic E-state index is 12.7. The molecule has 142 valence electrons. The van der Waals surface area contributed by atoms with E-state index in [1.807, 2.05) is 35.2 Å². The largest absolute Gasteiger partial charge is 0.495 e. The van der Waals surface area contributed by atoms with E-state index < -0.39 is 6.04 Å². The average Bonchev–Trinajstić information content (AvgIpc) is 2.73. The third-order valence-corrected chi connectivity index (χ3v) is 4.77. The van der Waals surface area contributed by atoms with Crippen LogP contribution in [-0.2, 0) is 4.79 Å². The van der Waals surface area contributed by atoms with Crippen LogP contribution in [0, 0.1) is 0 Å². The van der Waals surface area contributed by atoms with Crippen LogP contribution in [0.2, 0.25) is 0 Å². The highest BCUT2D eigenvalue weighted by atomic mass is 16.5. The van der Waals surface area contributed by atoms with Gasteiger partial charge < -0.3 is 19.9 Å². The molecule has 0 saturated carbocycles. The number of ether oxygens (including phenoxy) is 1. The minimum absolute atomic E-state index is 0.0565. The summed E-state index contributed by atoms with van der Waals surface area (Å²) in [5.74, 6) is 0.545. The van der Waals surface area contributed by atoms with E-state index in [0.717, 1.165) is 24.5 Å². The Morgan fingerprint density at radius 1 is 0.963 bits per heavy atom. The third kappa shape index (κ3) is 4.39. The number of hydrogen-bond donors (Lipinski definition) is 1. The number of anilines is 1. The first-order chi connectivity index (χ1) is 13.1. The van der Waals surface area contributed by atoms with E-state index in [9.17, 15) is 9.59 Å². The van der Waals surface area contributed by atoms with E-state index in [1.165, 1.54) is 0 Å². The molecule has 1 unspecified atom stereocenters. The number of carbonyl (C=O) groups is 2. The lowest BCUT2D eigenvalue weighted by molar-refractivity contribution is -0.133. The molecule has 3 rings (SSSR count). The van der Waals surface area contributed by atoms with Crippen LogP contribution in [0.15, 0.2) is 54.6 Å². The first-order valence-electron chi connectivity index (χ1n) is 9.13. The van der Waals surface area contributed by atoms with Crippen LogP contribution in [0.1, 0.15) is 17.3 Å². The summed E-state index contributed by atoms with van der Waals surface area (Å²) >= 11 is 0. The van der Waals surface area contributed by atoms with Gasteiger partial charge in [0.25, 0.3) is 5.91 Å². The van der Waals surface area contributed by atoms with E-state index >= 15 is 0 Å².